The van der Waals surface area contributed by atoms with Gasteiger partial charge in [0.2, 0.25) is 0 Å². The van der Waals surface area contributed by atoms with Gasteiger partial charge < -0.3 is 9.94 Å². The van der Waals surface area contributed by atoms with Gasteiger partial charge in [-0.1, -0.05) is 6.92 Å². The summed E-state index contributed by atoms with van der Waals surface area (Å²) in [5.74, 6) is -0.488. The monoisotopic (exact) mass is 159 g/mol. The number of nitrogens with zero attached hydrogens (tertiary/aromatic N) is 1. The maximum Gasteiger partial charge on any atom is 0.309 e. The Morgan fingerprint density at radius 2 is 2.45 bits per heavy atom. The van der Waals surface area contributed by atoms with E-state index < -0.39 is 0 Å². The lowest BCUT2D eigenvalue weighted by Gasteiger charge is -2.05. The minimum atomic E-state index is -0.257. The molecular weight excluding hydrogens is 146 g/mol. The van der Waals surface area contributed by atoms with Crippen LogP contribution in [0.5, 0.6) is 0 Å². The van der Waals surface area contributed by atoms with Crippen molar-refractivity contribution in [3.05, 3.63) is 0 Å². The van der Waals surface area contributed by atoms with Gasteiger partial charge in [0.05, 0.1) is 12.5 Å². The topological polar surface area (TPSA) is 58.9 Å². The molecule has 0 saturated heterocycles. The molecule has 0 fully saturated rings. The molecule has 4 heteroatoms. The van der Waals surface area contributed by atoms with Crippen LogP contribution in [0.2, 0.25) is 0 Å². The van der Waals surface area contributed by atoms with Crippen molar-refractivity contribution in [2.45, 2.75) is 20.3 Å². The van der Waals surface area contributed by atoms with Gasteiger partial charge in [0.1, 0.15) is 0 Å². The first-order valence-corrected chi connectivity index (χ1v) is 3.54. The van der Waals surface area contributed by atoms with Crippen molar-refractivity contribution in [1.82, 2.24) is 0 Å². The Kier molecular flexibility index (Phi) is 5.15. The second-order valence-electron chi connectivity index (χ2n) is 2.19. The van der Waals surface area contributed by atoms with Crippen LogP contribution in [0.1, 0.15) is 20.3 Å². The molecule has 0 spiro atoms. The average molecular weight is 159 g/mol. The first kappa shape index (κ1) is 9.94. The molecule has 0 heterocycles. The van der Waals surface area contributed by atoms with E-state index in [1.165, 1.54) is 6.21 Å². The average Bonchev–Trinajstić information content (AvgIpc) is 2.00. The summed E-state index contributed by atoms with van der Waals surface area (Å²) in [7, 11) is 0. The molecule has 1 atom stereocenters. The van der Waals surface area contributed by atoms with E-state index in [2.05, 4.69) is 5.16 Å². The number of rotatable bonds is 4. The Bertz CT molecular complexity index is 145. The number of carbonyl (C=O) groups excluding carboxylic acids is 1. The molecule has 1 N–H and O–H groups in total. The van der Waals surface area contributed by atoms with Crippen LogP contribution in [0.15, 0.2) is 5.16 Å². The smallest absolute Gasteiger partial charge is 0.309 e. The molecule has 64 valence electrons. The number of oxime groups is 1. The van der Waals surface area contributed by atoms with Crippen molar-refractivity contribution in [2.24, 2.45) is 11.1 Å². The molecule has 1 unspecified atom stereocenters. The van der Waals surface area contributed by atoms with Crippen LogP contribution < -0.4 is 0 Å². The zero-order chi connectivity index (χ0) is 8.69. The van der Waals surface area contributed by atoms with Crippen molar-refractivity contribution in [3.63, 3.8) is 0 Å². The van der Waals surface area contributed by atoms with Gasteiger partial charge in [-0.2, -0.15) is 0 Å². The van der Waals surface area contributed by atoms with Gasteiger partial charge in [-0.25, -0.2) is 0 Å². The molecule has 0 aliphatic heterocycles. The summed E-state index contributed by atoms with van der Waals surface area (Å²) in [5.41, 5.74) is 0. The van der Waals surface area contributed by atoms with Gasteiger partial charge in [-0.05, 0) is 13.3 Å². The normalized spacial score (nSPS) is 13.3. The summed E-state index contributed by atoms with van der Waals surface area (Å²) < 4.78 is 4.72. The van der Waals surface area contributed by atoms with Gasteiger partial charge in [-0.3, -0.25) is 4.79 Å². The van der Waals surface area contributed by atoms with E-state index >= 15 is 0 Å². The second kappa shape index (κ2) is 5.70. The summed E-state index contributed by atoms with van der Waals surface area (Å²) in [4.78, 5) is 10.9. The summed E-state index contributed by atoms with van der Waals surface area (Å²) in [6, 6.07) is 0. The standard InChI is InChI=1S/C7H13NO3/c1-3-11-7(9)6(2)4-5-8-10/h5-6,10H,3-4H2,1-2H3/b8-5+. The molecule has 4 nitrogen and oxygen atoms in total. The molecule has 0 aromatic heterocycles. The SMILES string of the molecule is CCOC(=O)C(C)C/C=N/O. The minimum Gasteiger partial charge on any atom is -0.466 e. The van der Waals surface area contributed by atoms with Crippen LogP contribution >= 0.6 is 0 Å². The van der Waals surface area contributed by atoms with Crippen LogP contribution in [-0.4, -0.2) is 24.0 Å². The zero-order valence-electron chi connectivity index (χ0n) is 6.78. The number of hydrogen-bond acceptors (Lipinski definition) is 4. The van der Waals surface area contributed by atoms with Crippen LogP contribution in [-0.2, 0) is 9.53 Å². The summed E-state index contributed by atoms with van der Waals surface area (Å²) in [5, 5.41) is 10.8. The molecule has 0 amide bonds. The number of hydrogen-bond donors (Lipinski definition) is 1. The lowest BCUT2D eigenvalue weighted by atomic mass is 10.1. The third-order valence-corrected chi connectivity index (χ3v) is 1.23. The quantitative estimate of drug-likeness (QED) is 0.288. The van der Waals surface area contributed by atoms with Gasteiger partial charge in [0.15, 0.2) is 0 Å². The Labute approximate surface area is 65.8 Å². The predicted octanol–water partition coefficient (Wildman–Crippen LogP) is 1.04. The number of ether oxygens (including phenoxy) is 1. The Morgan fingerprint density at radius 3 is 2.91 bits per heavy atom. The highest BCUT2D eigenvalue weighted by atomic mass is 16.5. The van der Waals surface area contributed by atoms with E-state index in [1.54, 1.807) is 13.8 Å². The molecule has 0 aliphatic carbocycles. The molecule has 0 aromatic rings. The van der Waals surface area contributed by atoms with E-state index in [-0.39, 0.29) is 11.9 Å². The summed E-state index contributed by atoms with van der Waals surface area (Å²) >= 11 is 0. The van der Waals surface area contributed by atoms with Gasteiger partial charge >= 0.3 is 5.97 Å². The fourth-order valence-electron chi connectivity index (χ4n) is 0.586. The highest BCUT2D eigenvalue weighted by molar-refractivity contribution is 5.75. The van der Waals surface area contributed by atoms with E-state index in [4.69, 9.17) is 9.94 Å². The third-order valence-electron chi connectivity index (χ3n) is 1.23. The van der Waals surface area contributed by atoms with Crippen molar-refractivity contribution in [3.8, 4) is 0 Å². The highest BCUT2D eigenvalue weighted by Gasteiger charge is 2.11. The Balaban J connectivity index is 3.63. The van der Waals surface area contributed by atoms with E-state index in [9.17, 15) is 4.79 Å². The van der Waals surface area contributed by atoms with Crippen LogP contribution in [0.4, 0.5) is 0 Å². The first-order valence-electron chi connectivity index (χ1n) is 3.54. The fraction of sp³-hybridized carbons (Fsp3) is 0.714. The van der Waals surface area contributed by atoms with Gasteiger partial charge in [0.25, 0.3) is 0 Å². The lowest BCUT2D eigenvalue weighted by molar-refractivity contribution is -0.147. The van der Waals surface area contributed by atoms with Crippen LogP contribution in [0.3, 0.4) is 0 Å². The summed E-state index contributed by atoms with van der Waals surface area (Å²) in [6.45, 7) is 3.86. The molecule has 0 aliphatic rings. The van der Waals surface area contributed by atoms with Crippen LogP contribution in [0.25, 0.3) is 0 Å². The largest absolute Gasteiger partial charge is 0.466 e. The first-order chi connectivity index (χ1) is 5.22. The summed E-state index contributed by atoms with van der Waals surface area (Å²) in [6.07, 6.45) is 1.69. The van der Waals surface area contributed by atoms with E-state index in [1.807, 2.05) is 0 Å². The van der Waals surface area contributed by atoms with Crippen molar-refractivity contribution in [2.75, 3.05) is 6.61 Å². The highest BCUT2D eigenvalue weighted by Crippen LogP contribution is 2.01. The van der Waals surface area contributed by atoms with E-state index in [0.717, 1.165) is 0 Å². The maximum atomic E-state index is 10.9. The molecule has 11 heavy (non-hydrogen) atoms. The van der Waals surface area contributed by atoms with Crippen molar-refractivity contribution >= 4 is 12.2 Å². The molecular formula is C7H13NO3. The third kappa shape index (κ3) is 4.36. The Morgan fingerprint density at radius 1 is 1.82 bits per heavy atom. The minimum absolute atomic E-state index is 0.231. The van der Waals surface area contributed by atoms with Crippen molar-refractivity contribution < 1.29 is 14.7 Å². The maximum absolute atomic E-state index is 10.9. The molecule has 0 bridgehead atoms. The van der Waals surface area contributed by atoms with E-state index in [0.29, 0.717) is 13.0 Å². The molecule has 0 radical (unpaired) electrons. The zero-order valence-corrected chi connectivity index (χ0v) is 6.78. The van der Waals surface area contributed by atoms with Crippen LogP contribution in [0, 0.1) is 5.92 Å². The lowest BCUT2D eigenvalue weighted by Crippen LogP contribution is -2.14. The number of esters is 1. The van der Waals surface area contributed by atoms with Crippen molar-refractivity contribution in [1.29, 1.82) is 0 Å². The van der Waals surface area contributed by atoms with Gasteiger partial charge in [-0.15, -0.1) is 5.16 Å². The number of carbonyl (C=O) groups is 1. The molecule has 0 rings (SSSR count). The molecule has 0 saturated carbocycles. The predicted molar refractivity (Wildman–Crippen MR) is 40.7 cm³/mol. The molecule has 0 aromatic carbocycles. The van der Waals surface area contributed by atoms with Gasteiger partial charge in [0, 0.05) is 6.21 Å². The Hall–Kier alpha value is -1.06. The second-order valence-corrected chi connectivity index (χ2v) is 2.19. The fourth-order valence-corrected chi connectivity index (χ4v) is 0.586.